The minimum atomic E-state index is -0.177. The molecule has 0 aliphatic rings. The van der Waals surface area contributed by atoms with E-state index in [4.69, 9.17) is 10.5 Å². The van der Waals surface area contributed by atoms with Crippen molar-refractivity contribution < 1.29 is 0 Å². The maximum absolute atomic E-state index is 8.68. The first-order chi connectivity index (χ1) is 6.81. The zero-order valence-corrected chi connectivity index (χ0v) is 7.94. The van der Waals surface area contributed by atoms with Crippen molar-refractivity contribution in [2.75, 3.05) is 7.05 Å². The fourth-order valence-corrected chi connectivity index (χ4v) is 1.14. The summed E-state index contributed by atoms with van der Waals surface area (Å²) < 4.78 is 1.74. The van der Waals surface area contributed by atoms with Crippen LogP contribution in [0.15, 0.2) is 12.4 Å². The van der Waals surface area contributed by atoms with Crippen LogP contribution in [0, 0.1) is 22.7 Å². The van der Waals surface area contributed by atoms with Crippen molar-refractivity contribution in [3.63, 3.8) is 0 Å². The van der Waals surface area contributed by atoms with Gasteiger partial charge in [-0.1, -0.05) is 0 Å². The van der Waals surface area contributed by atoms with Crippen molar-refractivity contribution in [3.05, 3.63) is 18.2 Å². The van der Waals surface area contributed by atoms with Crippen molar-refractivity contribution in [2.24, 2.45) is 0 Å². The van der Waals surface area contributed by atoms with Gasteiger partial charge in [0.25, 0.3) is 0 Å². The van der Waals surface area contributed by atoms with E-state index in [9.17, 15) is 0 Å². The summed E-state index contributed by atoms with van der Waals surface area (Å²) in [5.74, 6) is 0.387. The molecule has 14 heavy (non-hydrogen) atoms. The third kappa shape index (κ3) is 2.32. The van der Waals surface area contributed by atoms with E-state index in [0.29, 0.717) is 18.8 Å². The van der Waals surface area contributed by atoms with Crippen LogP contribution >= 0.6 is 0 Å². The predicted molar refractivity (Wildman–Crippen MR) is 50.0 cm³/mol. The lowest BCUT2D eigenvalue weighted by Gasteiger charge is -2.07. The Kier molecular flexibility index (Phi) is 3.66. The van der Waals surface area contributed by atoms with Gasteiger partial charge in [-0.2, -0.15) is 10.5 Å². The molecule has 0 spiro atoms. The molecule has 0 aliphatic heterocycles. The molecule has 0 amide bonds. The van der Waals surface area contributed by atoms with Gasteiger partial charge in [0.15, 0.2) is 0 Å². The predicted octanol–water partition coefficient (Wildman–Crippen LogP) is 0.256. The third-order valence-corrected chi connectivity index (χ3v) is 1.98. The van der Waals surface area contributed by atoms with Crippen LogP contribution in [0.3, 0.4) is 0 Å². The number of rotatable bonds is 4. The van der Waals surface area contributed by atoms with Gasteiger partial charge in [-0.05, 0) is 13.5 Å². The largest absolute Gasteiger partial charge is 0.323 e. The van der Waals surface area contributed by atoms with E-state index in [-0.39, 0.29) is 6.04 Å². The number of hydrogen-bond donors (Lipinski definition) is 1. The Labute approximate surface area is 82.6 Å². The van der Waals surface area contributed by atoms with E-state index in [0.717, 1.165) is 0 Å². The van der Waals surface area contributed by atoms with Gasteiger partial charge in [0.1, 0.15) is 6.07 Å². The third-order valence-electron chi connectivity index (χ3n) is 1.98. The van der Waals surface area contributed by atoms with Crippen LogP contribution in [0.2, 0.25) is 0 Å². The molecule has 0 radical (unpaired) electrons. The number of imidazole rings is 1. The number of hydrogen-bond acceptors (Lipinski definition) is 4. The highest BCUT2D eigenvalue weighted by molar-refractivity contribution is 5.11. The summed E-state index contributed by atoms with van der Waals surface area (Å²) in [5, 5.41) is 20.2. The summed E-state index contributed by atoms with van der Waals surface area (Å²) in [7, 11) is 1.74. The highest BCUT2D eigenvalue weighted by Crippen LogP contribution is 1.99. The Morgan fingerprint density at radius 1 is 1.64 bits per heavy atom. The monoisotopic (exact) mass is 189 g/mol. The van der Waals surface area contributed by atoms with Crippen LogP contribution < -0.4 is 5.32 Å². The fraction of sp³-hybridized carbons (Fsp3) is 0.444. The molecule has 1 heterocycles. The van der Waals surface area contributed by atoms with Crippen molar-refractivity contribution >= 4 is 0 Å². The number of nitriles is 2. The zero-order valence-electron chi connectivity index (χ0n) is 7.94. The Hall–Kier alpha value is -1.85. The highest BCUT2D eigenvalue weighted by atomic mass is 15.1. The molecule has 5 nitrogen and oxygen atoms in total. The first-order valence-corrected chi connectivity index (χ1v) is 4.30. The molecule has 0 fully saturated rings. The maximum Gasteiger partial charge on any atom is 0.212 e. The Bertz CT molecular complexity index is 367. The van der Waals surface area contributed by atoms with E-state index < -0.39 is 0 Å². The van der Waals surface area contributed by atoms with Gasteiger partial charge in [0, 0.05) is 18.9 Å². The Morgan fingerprint density at radius 3 is 3.00 bits per heavy atom. The summed E-state index contributed by atoms with van der Waals surface area (Å²) in [4.78, 5) is 3.86. The van der Waals surface area contributed by atoms with Gasteiger partial charge in [-0.15, -0.1) is 0 Å². The molecule has 1 rings (SSSR count). The summed E-state index contributed by atoms with van der Waals surface area (Å²) in [6, 6.07) is 3.93. The first-order valence-electron chi connectivity index (χ1n) is 4.30. The lowest BCUT2D eigenvalue weighted by molar-refractivity contribution is 0.548. The van der Waals surface area contributed by atoms with Gasteiger partial charge in [-0.3, -0.25) is 0 Å². The maximum atomic E-state index is 8.68. The normalized spacial score (nSPS) is 11.6. The second-order valence-corrected chi connectivity index (χ2v) is 2.82. The van der Waals surface area contributed by atoms with Crippen LogP contribution in [0.4, 0.5) is 0 Å². The fourth-order valence-electron chi connectivity index (χ4n) is 1.14. The lowest BCUT2D eigenvalue weighted by Crippen LogP contribution is -2.24. The summed E-state index contributed by atoms with van der Waals surface area (Å²) in [5.41, 5.74) is 0. The minimum Gasteiger partial charge on any atom is -0.323 e. The van der Waals surface area contributed by atoms with Crippen LogP contribution in [0.25, 0.3) is 0 Å². The van der Waals surface area contributed by atoms with E-state index in [1.165, 1.54) is 0 Å². The van der Waals surface area contributed by atoms with E-state index in [1.807, 2.05) is 6.07 Å². The van der Waals surface area contributed by atoms with Crippen molar-refractivity contribution in [3.8, 4) is 12.1 Å². The van der Waals surface area contributed by atoms with Crippen LogP contribution in [0.5, 0.6) is 0 Å². The summed E-state index contributed by atoms with van der Waals surface area (Å²) >= 11 is 0. The molecular weight excluding hydrogens is 178 g/mol. The molecule has 1 unspecified atom stereocenters. The van der Waals surface area contributed by atoms with Gasteiger partial charge in [0.2, 0.25) is 5.82 Å². The quantitative estimate of drug-likeness (QED) is 0.736. The molecule has 0 aliphatic carbocycles. The first kappa shape index (κ1) is 10.2. The van der Waals surface area contributed by atoms with Gasteiger partial charge < -0.3 is 9.88 Å². The van der Waals surface area contributed by atoms with Crippen LogP contribution in [-0.4, -0.2) is 22.6 Å². The summed E-state index contributed by atoms with van der Waals surface area (Å²) in [6.07, 6.45) is 3.99. The average molecular weight is 189 g/mol. The molecule has 72 valence electrons. The van der Waals surface area contributed by atoms with Gasteiger partial charge in [0.05, 0.1) is 12.1 Å². The van der Waals surface area contributed by atoms with Crippen LogP contribution in [0.1, 0.15) is 12.2 Å². The topological polar surface area (TPSA) is 77.4 Å². The summed E-state index contributed by atoms with van der Waals surface area (Å²) in [6.45, 7) is 0.627. The van der Waals surface area contributed by atoms with E-state index in [1.54, 1.807) is 24.0 Å². The minimum absolute atomic E-state index is 0.177. The standard InChI is InChI=1S/C9H11N5/c1-12-8(6-10)2-4-14-5-3-13-9(14)7-11/h3,5,8,12H,2,4H2,1H3. The molecule has 0 aromatic carbocycles. The molecular formula is C9H11N5. The van der Waals surface area contributed by atoms with Crippen molar-refractivity contribution in [2.45, 2.75) is 19.0 Å². The number of aryl methyl sites for hydroxylation is 1. The number of aromatic nitrogens is 2. The molecule has 1 N–H and O–H groups in total. The van der Waals surface area contributed by atoms with Crippen molar-refractivity contribution in [1.82, 2.24) is 14.9 Å². The zero-order chi connectivity index (χ0) is 10.4. The molecule has 0 saturated heterocycles. The highest BCUT2D eigenvalue weighted by Gasteiger charge is 2.06. The van der Waals surface area contributed by atoms with E-state index >= 15 is 0 Å². The SMILES string of the molecule is CNC(C#N)CCn1ccnc1C#N. The molecule has 1 atom stereocenters. The van der Waals surface area contributed by atoms with Gasteiger partial charge >= 0.3 is 0 Å². The Balaban J connectivity index is 2.55. The molecule has 1 aromatic rings. The number of nitrogens with one attached hydrogen (secondary N) is 1. The smallest absolute Gasteiger partial charge is 0.212 e. The second-order valence-electron chi connectivity index (χ2n) is 2.82. The molecule has 0 saturated carbocycles. The molecule has 0 bridgehead atoms. The Morgan fingerprint density at radius 2 is 2.43 bits per heavy atom. The van der Waals surface area contributed by atoms with Crippen molar-refractivity contribution in [1.29, 1.82) is 10.5 Å². The average Bonchev–Trinajstić information content (AvgIpc) is 2.67. The second kappa shape index (κ2) is 5.00. The number of nitrogens with zero attached hydrogens (tertiary/aromatic N) is 4. The van der Waals surface area contributed by atoms with Crippen LogP contribution in [-0.2, 0) is 6.54 Å². The van der Waals surface area contributed by atoms with E-state index in [2.05, 4.69) is 16.4 Å². The van der Waals surface area contributed by atoms with Gasteiger partial charge in [-0.25, -0.2) is 4.98 Å². The molecule has 5 heteroatoms. The lowest BCUT2D eigenvalue weighted by atomic mass is 10.2. The molecule has 1 aromatic heterocycles.